The zero-order chi connectivity index (χ0) is 22.0. The molecule has 1 aliphatic rings. The molecule has 2 amide bonds. The Morgan fingerprint density at radius 3 is 2.10 bits per heavy atom. The van der Waals surface area contributed by atoms with Crippen molar-refractivity contribution in [2.75, 3.05) is 26.2 Å². The molecule has 4 rings (SSSR count). The first-order chi connectivity index (χ1) is 14.8. The first-order valence-electron chi connectivity index (χ1n) is 9.70. The van der Waals surface area contributed by atoms with Gasteiger partial charge in [-0.2, -0.15) is 18.3 Å². The minimum Gasteiger partial charge on any atom is -0.335 e. The van der Waals surface area contributed by atoms with Crippen molar-refractivity contribution in [1.82, 2.24) is 19.6 Å². The normalized spacial score (nSPS) is 14.5. The Morgan fingerprint density at radius 2 is 1.45 bits per heavy atom. The molecule has 2 aromatic carbocycles. The van der Waals surface area contributed by atoms with E-state index in [2.05, 4.69) is 5.10 Å². The Bertz CT molecular complexity index is 1090. The van der Waals surface area contributed by atoms with Gasteiger partial charge in [-0.3, -0.25) is 9.59 Å². The van der Waals surface area contributed by atoms with E-state index in [9.17, 15) is 22.8 Å². The van der Waals surface area contributed by atoms with Gasteiger partial charge in [-0.05, 0) is 36.4 Å². The van der Waals surface area contributed by atoms with Crippen LogP contribution in [0.4, 0.5) is 13.2 Å². The van der Waals surface area contributed by atoms with Crippen molar-refractivity contribution < 1.29 is 22.8 Å². The van der Waals surface area contributed by atoms with Gasteiger partial charge in [-0.1, -0.05) is 24.3 Å². The van der Waals surface area contributed by atoms with E-state index < -0.39 is 17.6 Å². The number of alkyl halides is 3. The summed E-state index contributed by atoms with van der Waals surface area (Å²) in [5.41, 5.74) is 0.247. The van der Waals surface area contributed by atoms with E-state index in [1.54, 1.807) is 21.8 Å². The average molecular weight is 428 g/mol. The maximum absolute atomic E-state index is 12.9. The molecule has 0 saturated carbocycles. The van der Waals surface area contributed by atoms with Crippen molar-refractivity contribution in [1.29, 1.82) is 0 Å². The molecule has 2 heterocycles. The fourth-order valence-electron chi connectivity index (χ4n) is 3.45. The molecule has 1 aromatic heterocycles. The standard InChI is InChI=1S/C22H19F3N4O2/c23-22(24,25)17-6-4-5-16(15-17)20(30)27-11-13-28(14-12-27)21(31)19-9-10-29(26-19)18-7-2-1-3-8-18/h1-10,15H,11-14H2. The number of hydrogen-bond donors (Lipinski definition) is 0. The van der Waals surface area contributed by atoms with Gasteiger partial charge in [0, 0.05) is 37.9 Å². The number of benzene rings is 2. The van der Waals surface area contributed by atoms with Gasteiger partial charge in [0.25, 0.3) is 11.8 Å². The second-order valence-corrected chi connectivity index (χ2v) is 7.14. The third-order valence-electron chi connectivity index (χ3n) is 5.12. The Morgan fingerprint density at radius 1 is 0.806 bits per heavy atom. The lowest BCUT2D eigenvalue weighted by atomic mass is 10.1. The van der Waals surface area contributed by atoms with E-state index in [-0.39, 0.29) is 37.6 Å². The first-order valence-corrected chi connectivity index (χ1v) is 9.70. The number of aromatic nitrogens is 2. The van der Waals surface area contributed by atoms with Crippen LogP contribution < -0.4 is 0 Å². The van der Waals surface area contributed by atoms with Crippen LogP contribution in [-0.2, 0) is 6.18 Å². The molecule has 1 saturated heterocycles. The number of amides is 2. The summed E-state index contributed by atoms with van der Waals surface area (Å²) in [7, 11) is 0. The SMILES string of the molecule is O=C(c1cccc(C(F)(F)F)c1)N1CCN(C(=O)c2ccn(-c3ccccc3)n2)CC1. The van der Waals surface area contributed by atoms with Crippen molar-refractivity contribution in [3.05, 3.63) is 83.7 Å². The Balaban J connectivity index is 1.39. The molecule has 0 atom stereocenters. The van der Waals surface area contributed by atoms with Crippen molar-refractivity contribution in [3.63, 3.8) is 0 Å². The molecular formula is C22H19F3N4O2. The average Bonchev–Trinajstić information content (AvgIpc) is 3.29. The highest BCUT2D eigenvalue weighted by Gasteiger charge is 2.32. The molecule has 0 radical (unpaired) electrons. The molecule has 1 fully saturated rings. The highest BCUT2D eigenvalue weighted by Crippen LogP contribution is 2.29. The molecule has 31 heavy (non-hydrogen) atoms. The molecule has 9 heteroatoms. The lowest BCUT2D eigenvalue weighted by molar-refractivity contribution is -0.137. The smallest absolute Gasteiger partial charge is 0.335 e. The zero-order valence-electron chi connectivity index (χ0n) is 16.4. The van der Waals surface area contributed by atoms with E-state index in [0.29, 0.717) is 5.69 Å². The van der Waals surface area contributed by atoms with Crippen LogP contribution >= 0.6 is 0 Å². The maximum atomic E-state index is 12.9. The summed E-state index contributed by atoms with van der Waals surface area (Å²) >= 11 is 0. The number of rotatable bonds is 3. The van der Waals surface area contributed by atoms with Crippen molar-refractivity contribution in [2.24, 2.45) is 0 Å². The van der Waals surface area contributed by atoms with Crippen LogP contribution in [0.2, 0.25) is 0 Å². The molecule has 3 aromatic rings. The summed E-state index contributed by atoms with van der Waals surface area (Å²) in [6, 6.07) is 15.4. The molecule has 0 aliphatic carbocycles. The van der Waals surface area contributed by atoms with E-state index in [4.69, 9.17) is 0 Å². The van der Waals surface area contributed by atoms with E-state index >= 15 is 0 Å². The van der Waals surface area contributed by atoms with Gasteiger partial charge in [-0.15, -0.1) is 0 Å². The molecule has 1 aliphatic heterocycles. The summed E-state index contributed by atoms with van der Waals surface area (Å²) in [4.78, 5) is 28.4. The number of hydrogen-bond acceptors (Lipinski definition) is 3. The highest BCUT2D eigenvalue weighted by atomic mass is 19.4. The molecule has 6 nitrogen and oxygen atoms in total. The van der Waals surface area contributed by atoms with Crippen LogP contribution in [0.25, 0.3) is 5.69 Å². The number of carbonyl (C=O) groups is 2. The highest BCUT2D eigenvalue weighted by molar-refractivity contribution is 5.95. The predicted octanol–water partition coefficient (Wildman–Crippen LogP) is 3.49. The topological polar surface area (TPSA) is 58.4 Å². The third kappa shape index (κ3) is 4.45. The van der Waals surface area contributed by atoms with Crippen LogP contribution in [0.1, 0.15) is 26.4 Å². The van der Waals surface area contributed by atoms with E-state index in [0.717, 1.165) is 17.8 Å². The largest absolute Gasteiger partial charge is 0.416 e. The van der Waals surface area contributed by atoms with Gasteiger partial charge in [0.1, 0.15) is 0 Å². The van der Waals surface area contributed by atoms with Gasteiger partial charge in [0.15, 0.2) is 5.69 Å². The quantitative estimate of drug-likeness (QED) is 0.642. The molecule has 0 N–H and O–H groups in total. The summed E-state index contributed by atoms with van der Waals surface area (Å²) in [5.74, 6) is -0.729. The molecule has 0 unspecified atom stereocenters. The monoisotopic (exact) mass is 428 g/mol. The second kappa shape index (κ2) is 8.25. The Labute approximate surface area is 176 Å². The third-order valence-corrected chi connectivity index (χ3v) is 5.12. The number of carbonyl (C=O) groups excluding carboxylic acids is 2. The zero-order valence-corrected chi connectivity index (χ0v) is 16.4. The predicted molar refractivity (Wildman–Crippen MR) is 107 cm³/mol. The maximum Gasteiger partial charge on any atom is 0.416 e. The fourth-order valence-corrected chi connectivity index (χ4v) is 3.45. The van der Waals surface area contributed by atoms with Crippen molar-refractivity contribution >= 4 is 11.8 Å². The Hall–Kier alpha value is -3.62. The summed E-state index contributed by atoms with van der Waals surface area (Å²) in [5, 5.41) is 4.33. The van der Waals surface area contributed by atoms with Crippen LogP contribution in [0.3, 0.4) is 0 Å². The summed E-state index contributed by atoms with van der Waals surface area (Å²) in [6.07, 6.45) is -2.81. The lowest BCUT2D eigenvalue weighted by Crippen LogP contribution is -2.50. The van der Waals surface area contributed by atoms with Gasteiger partial charge in [-0.25, -0.2) is 4.68 Å². The van der Waals surface area contributed by atoms with Gasteiger partial charge in [0.05, 0.1) is 11.3 Å². The van der Waals surface area contributed by atoms with Gasteiger partial charge < -0.3 is 9.80 Å². The van der Waals surface area contributed by atoms with Crippen LogP contribution in [-0.4, -0.2) is 57.6 Å². The number of para-hydroxylation sites is 1. The molecule has 160 valence electrons. The number of nitrogens with zero attached hydrogens (tertiary/aromatic N) is 4. The molecule has 0 bridgehead atoms. The number of piperazine rings is 1. The second-order valence-electron chi connectivity index (χ2n) is 7.14. The van der Waals surface area contributed by atoms with Crippen molar-refractivity contribution in [3.8, 4) is 5.69 Å². The van der Waals surface area contributed by atoms with E-state index in [1.807, 2.05) is 30.3 Å². The summed E-state index contributed by atoms with van der Waals surface area (Å²) in [6.45, 7) is 1.03. The van der Waals surface area contributed by atoms with Gasteiger partial charge in [0.2, 0.25) is 0 Å². The van der Waals surface area contributed by atoms with Crippen LogP contribution in [0, 0.1) is 0 Å². The van der Waals surface area contributed by atoms with Crippen LogP contribution in [0.5, 0.6) is 0 Å². The number of halogens is 3. The fraction of sp³-hybridized carbons (Fsp3) is 0.227. The van der Waals surface area contributed by atoms with Gasteiger partial charge >= 0.3 is 6.18 Å². The van der Waals surface area contributed by atoms with E-state index in [1.165, 1.54) is 17.0 Å². The Kier molecular flexibility index (Phi) is 5.50. The summed E-state index contributed by atoms with van der Waals surface area (Å²) < 4.78 is 40.3. The minimum absolute atomic E-state index is 0.0174. The minimum atomic E-state index is -4.51. The van der Waals surface area contributed by atoms with Crippen molar-refractivity contribution in [2.45, 2.75) is 6.18 Å². The molecular weight excluding hydrogens is 409 g/mol. The lowest BCUT2D eigenvalue weighted by Gasteiger charge is -2.34. The molecule has 0 spiro atoms. The van der Waals surface area contributed by atoms with Crippen LogP contribution in [0.15, 0.2) is 66.9 Å². The first kappa shape index (κ1) is 20.6.